The molecule has 140 valence electrons. The van der Waals surface area contributed by atoms with Gasteiger partial charge in [-0.25, -0.2) is 4.98 Å². The quantitative estimate of drug-likeness (QED) is 0.569. The van der Waals surface area contributed by atoms with Crippen LogP contribution in [0, 0.1) is 6.92 Å². The molecule has 1 saturated carbocycles. The van der Waals surface area contributed by atoms with Gasteiger partial charge in [-0.05, 0) is 62.9 Å². The highest BCUT2D eigenvalue weighted by Crippen LogP contribution is 2.24. The normalized spacial score (nSPS) is 19.8. The molecule has 0 spiro atoms. The Morgan fingerprint density at radius 2 is 2.00 bits per heavy atom. The molecule has 1 aliphatic rings. The molecule has 0 atom stereocenters. The maximum Gasteiger partial charge on any atom is 0.255 e. The standard InChI is InChI=1S/C20H23N5O2/c1-12-2-8-17(20(27)24-14-3-6-16(26)7-4-14)19(22-12)23-15-5-9-18-13(10-15)11-21-25-18/h2,5,8-11,14,16,26H,3-4,6-7H2,1H3,(H,21,25)(H,22,23)(H,24,27)/t14-,16-. The van der Waals surface area contributed by atoms with Crippen molar-refractivity contribution in [3.63, 3.8) is 0 Å². The molecule has 4 rings (SSSR count). The van der Waals surface area contributed by atoms with Gasteiger partial charge in [-0.15, -0.1) is 0 Å². The predicted molar refractivity (Wildman–Crippen MR) is 104 cm³/mol. The van der Waals surface area contributed by atoms with E-state index in [1.807, 2.05) is 31.2 Å². The third-order valence-corrected chi connectivity index (χ3v) is 5.01. The third-order valence-electron chi connectivity index (χ3n) is 5.01. The molecule has 1 aliphatic carbocycles. The molecule has 7 nitrogen and oxygen atoms in total. The number of aliphatic hydroxyl groups excluding tert-OH is 1. The minimum Gasteiger partial charge on any atom is -0.393 e. The molecule has 4 N–H and O–H groups in total. The summed E-state index contributed by atoms with van der Waals surface area (Å²) in [5.74, 6) is 0.391. The molecule has 0 radical (unpaired) electrons. The number of hydrogen-bond donors (Lipinski definition) is 4. The van der Waals surface area contributed by atoms with Gasteiger partial charge in [0.15, 0.2) is 0 Å². The highest BCUT2D eigenvalue weighted by atomic mass is 16.3. The molecule has 1 aromatic carbocycles. The van der Waals surface area contributed by atoms with Gasteiger partial charge >= 0.3 is 0 Å². The molecule has 1 amide bonds. The van der Waals surface area contributed by atoms with Gasteiger partial charge in [0.05, 0.1) is 23.4 Å². The lowest BCUT2D eigenvalue weighted by Crippen LogP contribution is -2.38. The number of rotatable bonds is 4. The molecule has 0 unspecified atom stereocenters. The van der Waals surface area contributed by atoms with Gasteiger partial charge in [0.1, 0.15) is 5.82 Å². The highest BCUT2D eigenvalue weighted by molar-refractivity contribution is 5.99. The fourth-order valence-corrected chi connectivity index (χ4v) is 3.48. The van der Waals surface area contributed by atoms with Crippen LogP contribution in [-0.2, 0) is 0 Å². The largest absolute Gasteiger partial charge is 0.393 e. The van der Waals surface area contributed by atoms with Crippen LogP contribution < -0.4 is 10.6 Å². The zero-order valence-corrected chi connectivity index (χ0v) is 15.2. The number of benzene rings is 1. The van der Waals surface area contributed by atoms with E-state index in [0.717, 1.165) is 48.0 Å². The van der Waals surface area contributed by atoms with Crippen LogP contribution in [0.2, 0.25) is 0 Å². The first-order valence-electron chi connectivity index (χ1n) is 9.25. The number of anilines is 2. The van der Waals surface area contributed by atoms with Gasteiger partial charge in [0.2, 0.25) is 0 Å². The number of nitrogens with one attached hydrogen (secondary N) is 3. The van der Waals surface area contributed by atoms with Crippen molar-refractivity contribution in [2.24, 2.45) is 0 Å². The van der Waals surface area contributed by atoms with Crippen molar-refractivity contribution in [2.75, 3.05) is 5.32 Å². The second kappa shape index (κ2) is 7.36. The maximum absolute atomic E-state index is 12.8. The Kier molecular flexibility index (Phi) is 4.77. The van der Waals surface area contributed by atoms with E-state index in [-0.39, 0.29) is 18.1 Å². The van der Waals surface area contributed by atoms with E-state index in [1.54, 1.807) is 12.3 Å². The number of H-pyrrole nitrogens is 1. The van der Waals surface area contributed by atoms with Crippen LogP contribution in [0.5, 0.6) is 0 Å². The van der Waals surface area contributed by atoms with Crippen LogP contribution in [0.1, 0.15) is 41.7 Å². The van der Waals surface area contributed by atoms with Crippen LogP contribution in [-0.4, -0.2) is 38.3 Å². The summed E-state index contributed by atoms with van der Waals surface area (Å²) in [4.78, 5) is 17.3. The zero-order chi connectivity index (χ0) is 18.8. The second-order valence-electron chi connectivity index (χ2n) is 7.12. The SMILES string of the molecule is Cc1ccc(C(=O)N[C@H]2CC[C@H](O)CC2)c(Nc2ccc3[nH]ncc3c2)n1. The van der Waals surface area contributed by atoms with Crippen LogP contribution in [0.3, 0.4) is 0 Å². The molecule has 27 heavy (non-hydrogen) atoms. The minimum absolute atomic E-state index is 0.0948. The maximum atomic E-state index is 12.8. The Bertz CT molecular complexity index is 960. The molecule has 7 heteroatoms. The van der Waals surface area contributed by atoms with E-state index in [2.05, 4.69) is 25.8 Å². The molecule has 0 bridgehead atoms. The number of carbonyl (C=O) groups is 1. The van der Waals surface area contributed by atoms with Gasteiger partial charge in [-0.2, -0.15) is 5.10 Å². The number of amides is 1. The van der Waals surface area contributed by atoms with Crippen LogP contribution >= 0.6 is 0 Å². The Morgan fingerprint density at radius 1 is 1.19 bits per heavy atom. The summed E-state index contributed by atoms with van der Waals surface area (Å²) in [6.07, 6.45) is 4.57. The smallest absolute Gasteiger partial charge is 0.255 e. The fourth-order valence-electron chi connectivity index (χ4n) is 3.48. The number of fused-ring (bicyclic) bond motifs is 1. The van der Waals surface area contributed by atoms with Crippen molar-refractivity contribution in [3.8, 4) is 0 Å². The van der Waals surface area contributed by atoms with E-state index in [1.165, 1.54) is 0 Å². The Hall–Kier alpha value is -2.93. The van der Waals surface area contributed by atoms with Gasteiger partial charge in [-0.1, -0.05) is 0 Å². The van der Waals surface area contributed by atoms with E-state index >= 15 is 0 Å². The monoisotopic (exact) mass is 365 g/mol. The third kappa shape index (κ3) is 3.93. The number of aliphatic hydroxyl groups is 1. The van der Waals surface area contributed by atoms with Crippen molar-refractivity contribution in [1.29, 1.82) is 0 Å². The minimum atomic E-state index is -0.241. The van der Waals surface area contributed by atoms with Crippen LogP contribution in [0.15, 0.2) is 36.5 Å². The zero-order valence-electron chi connectivity index (χ0n) is 15.2. The van der Waals surface area contributed by atoms with Crippen molar-refractivity contribution >= 4 is 28.3 Å². The van der Waals surface area contributed by atoms with Crippen LogP contribution in [0.25, 0.3) is 10.9 Å². The molecule has 0 aliphatic heterocycles. The topological polar surface area (TPSA) is 103 Å². The van der Waals surface area contributed by atoms with Crippen LogP contribution in [0.4, 0.5) is 11.5 Å². The molecule has 2 heterocycles. The van der Waals surface area contributed by atoms with E-state index in [0.29, 0.717) is 11.4 Å². The number of aromatic nitrogens is 3. The summed E-state index contributed by atoms with van der Waals surface area (Å²) < 4.78 is 0. The molecular formula is C20H23N5O2. The van der Waals surface area contributed by atoms with Gasteiger partial charge < -0.3 is 15.7 Å². The lowest BCUT2D eigenvalue weighted by Gasteiger charge is -2.26. The second-order valence-corrected chi connectivity index (χ2v) is 7.12. The number of hydrogen-bond acceptors (Lipinski definition) is 5. The van der Waals surface area contributed by atoms with E-state index < -0.39 is 0 Å². The fraction of sp³-hybridized carbons (Fsp3) is 0.350. The summed E-state index contributed by atoms with van der Waals surface area (Å²) >= 11 is 0. The van der Waals surface area contributed by atoms with Crippen molar-refractivity contribution in [3.05, 3.63) is 47.8 Å². The number of carbonyl (C=O) groups excluding carboxylic acids is 1. The van der Waals surface area contributed by atoms with Gasteiger partial charge in [0, 0.05) is 22.8 Å². The molecule has 3 aromatic rings. The lowest BCUT2D eigenvalue weighted by molar-refractivity contribution is 0.0868. The first-order chi connectivity index (χ1) is 13.1. The molecule has 1 fully saturated rings. The van der Waals surface area contributed by atoms with E-state index in [4.69, 9.17) is 0 Å². The highest BCUT2D eigenvalue weighted by Gasteiger charge is 2.22. The van der Waals surface area contributed by atoms with Gasteiger partial charge in [0.25, 0.3) is 5.91 Å². The average Bonchev–Trinajstić information content (AvgIpc) is 3.11. The first kappa shape index (κ1) is 17.5. The molecular weight excluding hydrogens is 342 g/mol. The van der Waals surface area contributed by atoms with Crippen molar-refractivity contribution in [2.45, 2.75) is 44.8 Å². The Balaban J connectivity index is 1.55. The summed E-state index contributed by atoms with van der Waals surface area (Å²) in [5, 5.41) is 23.9. The number of nitrogens with zero attached hydrogens (tertiary/aromatic N) is 2. The number of aryl methyl sites for hydroxylation is 1. The lowest BCUT2D eigenvalue weighted by atomic mass is 9.93. The summed E-state index contributed by atoms with van der Waals surface area (Å²) in [7, 11) is 0. The molecule has 0 saturated heterocycles. The van der Waals surface area contributed by atoms with Crippen molar-refractivity contribution in [1.82, 2.24) is 20.5 Å². The summed E-state index contributed by atoms with van der Waals surface area (Å²) in [5.41, 5.74) is 3.14. The number of aromatic amines is 1. The summed E-state index contributed by atoms with van der Waals surface area (Å²) in [6, 6.07) is 9.56. The molecule has 2 aromatic heterocycles. The average molecular weight is 365 g/mol. The number of pyridine rings is 1. The summed E-state index contributed by atoms with van der Waals surface area (Å²) in [6.45, 7) is 1.90. The first-order valence-corrected chi connectivity index (χ1v) is 9.25. The predicted octanol–water partition coefficient (Wildman–Crippen LogP) is 3.04. The Labute approximate surface area is 157 Å². The van der Waals surface area contributed by atoms with E-state index in [9.17, 15) is 9.90 Å². The van der Waals surface area contributed by atoms with Gasteiger partial charge in [-0.3, -0.25) is 9.89 Å². The van der Waals surface area contributed by atoms with Crippen molar-refractivity contribution < 1.29 is 9.90 Å². The Morgan fingerprint density at radius 3 is 2.81 bits per heavy atom.